The van der Waals surface area contributed by atoms with Crippen molar-refractivity contribution in [1.82, 2.24) is 0 Å². The fourth-order valence-electron chi connectivity index (χ4n) is 1.41. The molecule has 1 rings (SSSR count). The normalized spacial score (nSPS) is 14.4. The topological polar surface area (TPSA) is 46.5 Å². The van der Waals surface area contributed by atoms with Gasteiger partial charge in [0, 0.05) is 17.2 Å². The molecule has 0 fully saturated rings. The fourth-order valence-corrected chi connectivity index (χ4v) is 1.73. The lowest BCUT2D eigenvalue weighted by Gasteiger charge is -2.26. The predicted octanol–water partition coefficient (Wildman–Crippen LogP) is 3.07. The van der Waals surface area contributed by atoms with Gasteiger partial charge in [0.1, 0.15) is 0 Å². The SMILES string of the molecule is CCCOC(C)(C(=O)O)c1ccccc1Cl. The van der Waals surface area contributed by atoms with Gasteiger partial charge in [0.05, 0.1) is 0 Å². The molecule has 0 saturated carbocycles. The van der Waals surface area contributed by atoms with Crippen molar-refractivity contribution < 1.29 is 14.6 Å². The minimum atomic E-state index is -1.38. The molecule has 1 atom stereocenters. The predicted molar refractivity (Wildman–Crippen MR) is 62.7 cm³/mol. The van der Waals surface area contributed by atoms with E-state index in [4.69, 9.17) is 16.3 Å². The molecule has 16 heavy (non-hydrogen) atoms. The lowest BCUT2D eigenvalue weighted by atomic mass is 9.96. The number of hydrogen-bond acceptors (Lipinski definition) is 2. The Morgan fingerprint density at radius 1 is 1.50 bits per heavy atom. The van der Waals surface area contributed by atoms with Crippen LogP contribution in [0.2, 0.25) is 5.02 Å². The molecule has 0 heterocycles. The molecule has 0 aliphatic rings. The maximum absolute atomic E-state index is 11.3. The van der Waals surface area contributed by atoms with Crippen molar-refractivity contribution in [2.24, 2.45) is 0 Å². The van der Waals surface area contributed by atoms with Gasteiger partial charge in [-0.2, -0.15) is 0 Å². The Morgan fingerprint density at radius 2 is 2.12 bits per heavy atom. The molecule has 0 aromatic heterocycles. The Labute approximate surface area is 100.0 Å². The van der Waals surface area contributed by atoms with Gasteiger partial charge >= 0.3 is 5.97 Å². The minimum absolute atomic E-state index is 0.383. The first-order chi connectivity index (χ1) is 7.52. The number of hydrogen-bond donors (Lipinski definition) is 1. The summed E-state index contributed by atoms with van der Waals surface area (Å²) >= 11 is 5.99. The van der Waals surface area contributed by atoms with Crippen LogP contribution in [0.15, 0.2) is 24.3 Å². The van der Waals surface area contributed by atoms with Crippen molar-refractivity contribution in [3.63, 3.8) is 0 Å². The smallest absolute Gasteiger partial charge is 0.340 e. The molecule has 0 bridgehead atoms. The highest BCUT2D eigenvalue weighted by Crippen LogP contribution is 2.31. The summed E-state index contributed by atoms with van der Waals surface area (Å²) in [5.74, 6) is -1.03. The second-order valence-electron chi connectivity index (χ2n) is 3.67. The first kappa shape index (κ1) is 13.0. The third-order valence-electron chi connectivity index (χ3n) is 2.39. The fraction of sp³-hybridized carbons (Fsp3) is 0.417. The maximum Gasteiger partial charge on any atom is 0.340 e. The number of rotatable bonds is 5. The van der Waals surface area contributed by atoms with Gasteiger partial charge in [-0.05, 0) is 19.4 Å². The standard InChI is InChI=1S/C12H15ClO3/c1-3-8-16-12(2,11(14)15)9-6-4-5-7-10(9)13/h4-7H,3,8H2,1-2H3,(H,14,15). The third kappa shape index (κ3) is 2.54. The van der Waals surface area contributed by atoms with Gasteiger partial charge in [-0.3, -0.25) is 0 Å². The number of halogens is 1. The highest BCUT2D eigenvalue weighted by atomic mass is 35.5. The monoisotopic (exact) mass is 242 g/mol. The van der Waals surface area contributed by atoms with Crippen LogP contribution < -0.4 is 0 Å². The Kier molecular flexibility index (Phi) is 4.33. The van der Waals surface area contributed by atoms with E-state index in [1.54, 1.807) is 24.3 Å². The molecule has 1 unspecified atom stereocenters. The van der Waals surface area contributed by atoms with Crippen molar-refractivity contribution in [1.29, 1.82) is 0 Å². The van der Waals surface area contributed by atoms with E-state index in [1.807, 2.05) is 6.92 Å². The molecule has 0 aliphatic carbocycles. The van der Waals surface area contributed by atoms with Crippen LogP contribution in [0.1, 0.15) is 25.8 Å². The quantitative estimate of drug-likeness (QED) is 0.863. The zero-order valence-electron chi connectivity index (χ0n) is 9.37. The van der Waals surface area contributed by atoms with Crippen LogP contribution in [0.5, 0.6) is 0 Å². The second-order valence-corrected chi connectivity index (χ2v) is 4.07. The maximum atomic E-state index is 11.3. The first-order valence-corrected chi connectivity index (χ1v) is 5.52. The average molecular weight is 243 g/mol. The van der Waals surface area contributed by atoms with E-state index < -0.39 is 11.6 Å². The molecule has 0 saturated heterocycles. The van der Waals surface area contributed by atoms with E-state index >= 15 is 0 Å². The van der Waals surface area contributed by atoms with Crippen LogP contribution >= 0.6 is 11.6 Å². The molecular formula is C12H15ClO3. The largest absolute Gasteiger partial charge is 0.479 e. The first-order valence-electron chi connectivity index (χ1n) is 5.14. The van der Waals surface area contributed by atoms with Gasteiger partial charge in [0.25, 0.3) is 0 Å². The number of carboxylic acid groups (broad SMARTS) is 1. The summed E-state index contributed by atoms with van der Waals surface area (Å²) in [5.41, 5.74) is -0.897. The Hall–Kier alpha value is -1.06. The molecule has 0 radical (unpaired) electrons. The van der Waals surface area contributed by atoms with Crippen LogP contribution in [0.4, 0.5) is 0 Å². The Balaban J connectivity index is 3.11. The van der Waals surface area contributed by atoms with Crippen molar-refractivity contribution in [2.45, 2.75) is 25.9 Å². The molecule has 88 valence electrons. The molecular weight excluding hydrogens is 228 g/mol. The zero-order chi connectivity index (χ0) is 12.2. The molecule has 3 nitrogen and oxygen atoms in total. The molecule has 0 aliphatic heterocycles. The molecule has 4 heteroatoms. The molecule has 1 aromatic carbocycles. The van der Waals surface area contributed by atoms with Crippen LogP contribution in [0.3, 0.4) is 0 Å². The summed E-state index contributed by atoms with van der Waals surface area (Å²) in [6.45, 7) is 3.83. The van der Waals surface area contributed by atoms with Crippen molar-refractivity contribution in [3.8, 4) is 0 Å². The third-order valence-corrected chi connectivity index (χ3v) is 2.72. The van der Waals surface area contributed by atoms with E-state index in [2.05, 4.69) is 0 Å². The van der Waals surface area contributed by atoms with Crippen molar-refractivity contribution in [3.05, 3.63) is 34.9 Å². The highest BCUT2D eigenvalue weighted by Gasteiger charge is 2.37. The highest BCUT2D eigenvalue weighted by molar-refractivity contribution is 6.31. The van der Waals surface area contributed by atoms with Gasteiger partial charge < -0.3 is 9.84 Å². The summed E-state index contributed by atoms with van der Waals surface area (Å²) in [7, 11) is 0. The molecule has 0 spiro atoms. The van der Waals surface area contributed by atoms with Gasteiger partial charge in [0.2, 0.25) is 0 Å². The molecule has 1 aromatic rings. The van der Waals surface area contributed by atoms with Crippen LogP contribution in [-0.4, -0.2) is 17.7 Å². The van der Waals surface area contributed by atoms with E-state index in [0.717, 1.165) is 6.42 Å². The number of ether oxygens (including phenoxy) is 1. The van der Waals surface area contributed by atoms with E-state index in [1.165, 1.54) is 6.92 Å². The van der Waals surface area contributed by atoms with Gasteiger partial charge in [-0.15, -0.1) is 0 Å². The van der Waals surface area contributed by atoms with Gasteiger partial charge in [0.15, 0.2) is 5.60 Å². The van der Waals surface area contributed by atoms with Crippen LogP contribution in [0, 0.1) is 0 Å². The minimum Gasteiger partial charge on any atom is -0.479 e. The number of carbonyl (C=O) groups is 1. The van der Waals surface area contributed by atoms with E-state index in [9.17, 15) is 9.90 Å². The molecule has 1 N–H and O–H groups in total. The zero-order valence-corrected chi connectivity index (χ0v) is 10.1. The van der Waals surface area contributed by atoms with E-state index in [-0.39, 0.29) is 0 Å². The Bertz CT molecular complexity index is 378. The lowest BCUT2D eigenvalue weighted by Crippen LogP contribution is -2.36. The Morgan fingerprint density at radius 3 is 2.62 bits per heavy atom. The molecule has 0 amide bonds. The van der Waals surface area contributed by atoms with Gasteiger partial charge in [-0.1, -0.05) is 36.7 Å². The number of benzene rings is 1. The van der Waals surface area contributed by atoms with Crippen molar-refractivity contribution in [2.75, 3.05) is 6.61 Å². The van der Waals surface area contributed by atoms with Crippen molar-refractivity contribution >= 4 is 17.6 Å². The summed E-state index contributed by atoms with van der Waals surface area (Å²) < 4.78 is 5.42. The summed E-state index contributed by atoms with van der Waals surface area (Å²) in [5, 5.41) is 9.66. The van der Waals surface area contributed by atoms with Crippen LogP contribution in [-0.2, 0) is 15.1 Å². The lowest BCUT2D eigenvalue weighted by molar-refractivity contribution is -0.165. The number of aliphatic carboxylic acids is 1. The van der Waals surface area contributed by atoms with Crippen LogP contribution in [0.25, 0.3) is 0 Å². The second kappa shape index (κ2) is 5.32. The summed E-state index contributed by atoms with van der Waals surface area (Å²) in [6.07, 6.45) is 0.757. The number of carboxylic acids is 1. The van der Waals surface area contributed by atoms with Gasteiger partial charge in [-0.25, -0.2) is 4.79 Å². The summed E-state index contributed by atoms with van der Waals surface area (Å²) in [4.78, 5) is 11.3. The van der Waals surface area contributed by atoms with E-state index in [0.29, 0.717) is 17.2 Å². The summed E-state index contributed by atoms with van der Waals surface area (Å²) in [6, 6.07) is 6.84. The average Bonchev–Trinajstić information content (AvgIpc) is 2.26.